The smallest absolute Gasteiger partial charge is 0.341 e. The average Bonchev–Trinajstić information content (AvgIpc) is 3.26. The van der Waals surface area contributed by atoms with Crippen molar-refractivity contribution in [2.45, 2.75) is 36.9 Å². The Morgan fingerprint density at radius 2 is 1.92 bits per heavy atom. The zero-order valence-electron chi connectivity index (χ0n) is 19.8. The predicted octanol–water partition coefficient (Wildman–Crippen LogP) is 4.64. The molecule has 2 atom stereocenters. The standard InChI is InChI=1S/C25H21F3N4O4S/c1-3-37(36)20-11-14(13-29)7-8-17(20)22-21-18(9-10-19(21)33)31(24(35)32(22)23(34)30-2)16-6-4-5-15(12-16)25(26,27)28/h4-8,11-12,22H,3,9-10H2,1-2H3,(H,30,34)/t22-,37?/m0/s1. The Kier molecular flexibility index (Phi) is 6.92. The molecule has 1 aliphatic carbocycles. The summed E-state index contributed by atoms with van der Waals surface area (Å²) in [5.74, 6) is -0.227. The van der Waals surface area contributed by atoms with Crippen LogP contribution in [0.4, 0.5) is 28.4 Å². The molecule has 4 rings (SSSR count). The monoisotopic (exact) mass is 530 g/mol. The van der Waals surface area contributed by atoms with Crippen molar-refractivity contribution in [2.75, 3.05) is 17.7 Å². The third kappa shape index (κ3) is 4.51. The van der Waals surface area contributed by atoms with Gasteiger partial charge in [-0.1, -0.05) is 19.1 Å². The van der Waals surface area contributed by atoms with Gasteiger partial charge in [-0.05, 0) is 42.3 Å². The molecule has 2 aromatic carbocycles. The first kappa shape index (κ1) is 26.1. The van der Waals surface area contributed by atoms with E-state index in [0.717, 1.165) is 28.0 Å². The first-order chi connectivity index (χ1) is 17.5. The number of imide groups is 1. The number of alkyl halides is 3. The number of anilines is 1. The number of hydrogen-bond donors (Lipinski definition) is 1. The van der Waals surface area contributed by atoms with Gasteiger partial charge in [0.05, 0.1) is 39.7 Å². The van der Waals surface area contributed by atoms with Crippen LogP contribution in [0.15, 0.2) is 58.6 Å². The summed E-state index contributed by atoms with van der Waals surface area (Å²) in [5.41, 5.74) is -0.483. The van der Waals surface area contributed by atoms with Gasteiger partial charge in [0.2, 0.25) is 0 Å². The fourth-order valence-electron chi connectivity index (χ4n) is 4.56. The van der Waals surface area contributed by atoms with Gasteiger partial charge in [0, 0.05) is 35.4 Å². The van der Waals surface area contributed by atoms with Crippen molar-refractivity contribution >= 4 is 34.3 Å². The van der Waals surface area contributed by atoms with E-state index < -0.39 is 46.4 Å². The van der Waals surface area contributed by atoms with Gasteiger partial charge in [-0.15, -0.1) is 0 Å². The van der Waals surface area contributed by atoms with Crippen LogP contribution in [0.2, 0.25) is 0 Å². The highest BCUT2D eigenvalue weighted by Crippen LogP contribution is 2.46. The highest BCUT2D eigenvalue weighted by Gasteiger charge is 2.49. The Morgan fingerprint density at radius 1 is 1.19 bits per heavy atom. The number of allylic oxidation sites excluding steroid dienone is 1. The van der Waals surface area contributed by atoms with Gasteiger partial charge < -0.3 is 5.32 Å². The van der Waals surface area contributed by atoms with Crippen LogP contribution in [-0.2, 0) is 21.8 Å². The minimum Gasteiger partial charge on any atom is -0.341 e. The van der Waals surface area contributed by atoms with Crippen molar-refractivity contribution in [3.8, 4) is 6.07 Å². The van der Waals surface area contributed by atoms with E-state index in [9.17, 15) is 37.0 Å². The van der Waals surface area contributed by atoms with Crippen molar-refractivity contribution < 1.29 is 31.8 Å². The normalized spacial score (nSPS) is 18.5. The number of halogens is 3. The number of carbonyl (C=O) groups excluding carboxylic acids is 3. The van der Waals surface area contributed by atoms with Crippen LogP contribution < -0.4 is 10.2 Å². The van der Waals surface area contributed by atoms with Crippen molar-refractivity contribution in [3.63, 3.8) is 0 Å². The number of amides is 4. The number of hydrogen-bond acceptors (Lipinski definition) is 5. The van der Waals surface area contributed by atoms with Gasteiger partial charge in [-0.2, -0.15) is 18.4 Å². The molecule has 0 radical (unpaired) electrons. The molecule has 37 heavy (non-hydrogen) atoms. The number of ketones is 1. The number of nitrogens with zero attached hydrogens (tertiary/aromatic N) is 3. The number of benzene rings is 2. The molecule has 0 saturated carbocycles. The molecule has 1 heterocycles. The van der Waals surface area contributed by atoms with Crippen molar-refractivity contribution in [1.82, 2.24) is 10.2 Å². The lowest BCUT2D eigenvalue weighted by molar-refractivity contribution is -0.137. The van der Waals surface area contributed by atoms with Gasteiger partial charge in [0.1, 0.15) is 0 Å². The molecule has 1 aliphatic heterocycles. The van der Waals surface area contributed by atoms with E-state index in [1.54, 1.807) is 6.92 Å². The molecule has 0 spiro atoms. The summed E-state index contributed by atoms with van der Waals surface area (Å²) in [5, 5.41) is 11.7. The number of rotatable bonds is 4. The molecule has 0 bridgehead atoms. The van der Waals surface area contributed by atoms with E-state index in [1.807, 2.05) is 6.07 Å². The van der Waals surface area contributed by atoms with Crippen molar-refractivity contribution in [2.24, 2.45) is 0 Å². The summed E-state index contributed by atoms with van der Waals surface area (Å²) in [4.78, 5) is 42.0. The van der Waals surface area contributed by atoms with Crippen LogP contribution in [0.25, 0.3) is 0 Å². The Bertz CT molecular complexity index is 1410. The second-order valence-electron chi connectivity index (χ2n) is 8.28. The van der Waals surface area contributed by atoms with E-state index in [2.05, 4.69) is 5.32 Å². The average molecular weight is 531 g/mol. The van der Waals surface area contributed by atoms with Crippen LogP contribution in [-0.4, -0.2) is 39.8 Å². The molecule has 12 heteroatoms. The number of Topliss-reactive ketones (excluding diaryl/α,β-unsaturated/α-hetero) is 1. The largest absolute Gasteiger partial charge is 0.416 e. The summed E-state index contributed by atoms with van der Waals surface area (Å²) in [6, 6.07) is 7.15. The Hall–Kier alpha value is -3.98. The molecule has 0 aromatic heterocycles. The molecule has 0 saturated heterocycles. The highest BCUT2D eigenvalue weighted by molar-refractivity contribution is 7.85. The second kappa shape index (κ2) is 9.82. The van der Waals surface area contributed by atoms with Crippen molar-refractivity contribution in [3.05, 3.63) is 70.4 Å². The Labute approximate surface area is 212 Å². The molecule has 1 unspecified atom stereocenters. The lowest BCUT2D eigenvalue weighted by Crippen LogP contribution is -2.55. The van der Waals surface area contributed by atoms with Crippen LogP contribution in [0.3, 0.4) is 0 Å². The molecule has 192 valence electrons. The van der Waals surface area contributed by atoms with Crippen LogP contribution in [0.5, 0.6) is 0 Å². The first-order valence-corrected chi connectivity index (χ1v) is 12.6. The van der Waals surface area contributed by atoms with Gasteiger partial charge in [-0.25, -0.2) is 14.5 Å². The number of carbonyl (C=O) groups is 3. The van der Waals surface area contributed by atoms with Gasteiger partial charge in [0.25, 0.3) is 0 Å². The second-order valence-corrected chi connectivity index (χ2v) is 9.98. The van der Waals surface area contributed by atoms with E-state index in [0.29, 0.717) is 0 Å². The number of urea groups is 2. The van der Waals surface area contributed by atoms with Gasteiger partial charge >= 0.3 is 18.2 Å². The Morgan fingerprint density at radius 3 is 2.54 bits per heavy atom. The quantitative estimate of drug-likeness (QED) is 0.619. The number of nitrogens with one attached hydrogen (secondary N) is 1. The maximum Gasteiger partial charge on any atom is 0.416 e. The molecule has 1 N–H and O–H groups in total. The predicted molar refractivity (Wildman–Crippen MR) is 128 cm³/mol. The van der Waals surface area contributed by atoms with Crippen molar-refractivity contribution in [1.29, 1.82) is 5.26 Å². The highest BCUT2D eigenvalue weighted by atomic mass is 32.2. The SMILES string of the molecule is CCS(=O)c1cc(C#N)ccc1[C@H]1C2=C(CCC2=O)N(c2cccc(C(F)(F)F)c2)C(=O)N1C(=O)NC. The topological polar surface area (TPSA) is 111 Å². The molecule has 0 fully saturated rings. The van der Waals surface area contributed by atoms with Crippen LogP contribution in [0.1, 0.15) is 42.5 Å². The Balaban J connectivity index is 2.01. The fraction of sp³-hybridized carbons (Fsp3) is 0.280. The molecular weight excluding hydrogens is 509 g/mol. The van der Waals surface area contributed by atoms with Crippen LogP contribution in [0, 0.1) is 11.3 Å². The summed E-state index contributed by atoms with van der Waals surface area (Å²) in [7, 11) is -0.358. The minimum atomic E-state index is -4.68. The van der Waals surface area contributed by atoms with Gasteiger partial charge in [-0.3, -0.25) is 13.9 Å². The molecule has 2 aliphatic rings. The van der Waals surface area contributed by atoms with E-state index in [4.69, 9.17) is 0 Å². The third-order valence-corrected chi connectivity index (χ3v) is 7.58. The first-order valence-electron chi connectivity index (χ1n) is 11.2. The zero-order valence-corrected chi connectivity index (χ0v) is 20.6. The summed E-state index contributed by atoms with van der Waals surface area (Å²) < 4.78 is 53.2. The summed E-state index contributed by atoms with van der Waals surface area (Å²) >= 11 is 0. The van der Waals surface area contributed by atoms with E-state index >= 15 is 0 Å². The summed E-state index contributed by atoms with van der Waals surface area (Å²) in [6.45, 7) is 1.66. The molecule has 8 nitrogen and oxygen atoms in total. The zero-order chi connectivity index (χ0) is 27.1. The molecule has 4 amide bonds. The maximum atomic E-state index is 13.8. The van der Waals surface area contributed by atoms with Crippen LogP contribution >= 0.6 is 0 Å². The maximum absolute atomic E-state index is 13.8. The minimum absolute atomic E-state index is 0.0199. The lowest BCUT2D eigenvalue weighted by atomic mass is 9.92. The van der Waals surface area contributed by atoms with Gasteiger partial charge in [0.15, 0.2) is 5.78 Å². The van der Waals surface area contributed by atoms with E-state index in [-0.39, 0.29) is 51.6 Å². The lowest BCUT2D eigenvalue weighted by Gasteiger charge is -2.41. The summed E-state index contributed by atoms with van der Waals surface area (Å²) in [6.07, 6.45) is -4.63. The number of nitriles is 1. The van der Waals surface area contributed by atoms with E-state index in [1.165, 1.54) is 31.3 Å². The molecular formula is C25H21F3N4O4S. The third-order valence-electron chi connectivity index (χ3n) is 6.21. The fourth-order valence-corrected chi connectivity index (χ4v) is 5.57. The molecule has 2 aromatic rings.